The van der Waals surface area contributed by atoms with E-state index < -0.39 is 11.8 Å². The van der Waals surface area contributed by atoms with Gasteiger partial charge in [0.2, 0.25) is 0 Å². The molecule has 2 aliphatic rings. The first-order valence-electron chi connectivity index (χ1n) is 12.8. The normalized spacial score (nSPS) is 18.6. The van der Waals surface area contributed by atoms with E-state index >= 15 is 0 Å². The van der Waals surface area contributed by atoms with E-state index in [1.54, 1.807) is 28.6 Å². The second-order valence-corrected chi connectivity index (χ2v) is 11.5. The predicted molar refractivity (Wildman–Crippen MR) is 148 cm³/mol. The van der Waals surface area contributed by atoms with Crippen LogP contribution in [0.1, 0.15) is 24.8 Å². The van der Waals surface area contributed by atoms with Crippen LogP contribution in [0.5, 0.6) is 0 Å². The van der Waals surface area contributed by atoms with Crippen LogP contribution in [0, 0.1) is 5.92 Å². The highest BCUT2D eigenvalue weighted by molar-refractivity contribution is 7.18. The Hall–Kier alpha value is -3.41. The summed E-state index contributed by atoms with van der Waals surface area (Å²) in [7, 11) is 4.21. The molecular weight excluding hydrogens is 502 g/mol. The Balaban J connectivity index is 0.000000158. The number of ether oxygens (including phenoxy) is 1. The molecule has 2 fully saturated rings. The van der Waals surface area contributed by atoms with Crippen LogP contribution in [0.15, 0.2) is 42.9 Å². The number of para-hydroxylation sites is 1. The van der Waals surface area contributed by atoms with E-state index in [4.69, 9.17) is 9.72 Å². The van der Waals surface area contributed by atoms with Gasteiger partial charge in [0, 0.05) is 31.2 Å². The summed E-state index contributed by atoms with van der Waals surface area (Å²) in [5, 5.41) is 11.3. The van der Waals surface area contributed by atoms with Gasteiger partial charge in [0.25, 0.3) is 0 Å². The van der Waals surface area contributed by atoms with E-state index in [1.165, 1.54) is 15.9 Å². The minimum atomic E-state index is -0.631. The monoisotopic (exact) mass is 535 g/mol. The van der Waals surface area contributed by atoms with Crippen molar-refractivity contribution in [3.05, 3.63) is 47.9 Å². The fourth-order valence-electron chi connectivity index (χ4n) is 4.99. The van der Waals surface area contributed by atoms with Gasteiger partial charge in [0.1, 0.15) is 5.01 Å². The van der Waals surface area contributed by atoms with E-state index in [0.29, 0.717) is 30.2 Å². The summed E-state index contributed by atoms with van der Waals surface area (Å²) < 4.78 is 6.70. The van der Waals surface area contributed by atoms with Crippen LogP contribution in [0.4, 0.5) is 5.69 Å². The standard InChI is InChI=1S/C14H17N5O2.C13H16N2OS/c1-9-3-2-4-19(8-9)14(21)13(20)17-11-7-15-5-10-6-16-18-12(10)11;1-15(2)7-13(8-16-9-13)12-14-10-5-3-4-6-11(10)17-12/h5-7,9H,2-4,8H2,1H3,(H,16,18)(H,17,20);3-6H,7-9H2,1-2H3. The van der Waals surface area contributed by atoms with Crippen LogP contribution in [0.2, 0.25) is 0 Å². The lowest BCUT2D eigenvalue weighted by atomic mass is 9.86. The Morgan fingerprint density at radius 3 is 2.76 bits per heavy atom. The van der Waals surface area contributed by atoms with Gasteiger partial charge in [0.15, 0.2) is 0 Å². The van der Waals surface area contributed by atoms with E-state index in [-0.39, 0.29) is 5.41 Å². The average Bonchev–Trinajstić information content (AvgIpc) is 3.54. The number of pyridine rings is 1. The molecule has 0 saturated carbocycles. The van der Waals surface area contributed by atoms with Crippen molar-refractivity contribution in [1.29, 1.82) is 0 Å². The lowest BCUT2D eigenvalue weighted by Crippen LogP contribution is -2.53. The summed E-state index contributed by atoms with van der Waals surface area (Å²) in [6.07, 6.45) is 6.81. The van der Waals surface area contributed by atoms with Gasteiger partial charge in [-0.1, -0.05) is 19.1 Å². The number of likely N-dealkylation sites (tertiary alicyclic amines) is 1. The predicted octanol–water partition coefficient (Wildman–Crippen LogP) is 3.28. The van der Waals surface area contributed by atoms with Crippen LogP contribution >= 0.6 is 11.3 Å². The number of nitrogens with one attached hydrogen (secondary N) is 2. The number of rotatable bonds is 4. The second-order valence-electron chi connectivity index (χ2n) is 10.5. The van der Waals surface area contributed by atoms with E-state index in [0.717, 1.165) is 43.5 Å². The maximum absolute atomic E-state index is 12.2. The summed E-state index contributed by atoms with van der Waals surface area (Å²) in [5.41, 5.74) is 2.36. The Morgan fingerprint density at radius 1 is 1.24 bits per heavy atom. The fraction of sp³-hybridized carbons (Fsp3) is 0.444. The summed E-state index contributed by atoms with van der Waals surface area (Å²) in [4.78, 5) is 36.9. The Morgan fingerprint density at radius 2 is 2.05 bits per heavy atom. The van der Waals surface area contributed by atoms with Gasteiger partial charge in [-0.15, -0.1) is 11.3 Å². The molecule has 2 N–H and O–H groups in total. The highest BCUT2D eigenvalue weighted by Crippen LogP contribution is 2.37. The molecule has 1 atom stereocenters. The number of aromatic nitrogens is 4. The van der Waals surface area contributed by atoms with Gasteiger partial charge in [-0.05, 0) is 45.0 Å². The molecule has 10 nitrogen and oxygen atoms in total. The zero-order valence-corrected chi connectivity index (χ0v) is 22.8. The van der Waals surface area contributed by atoms with E-state index in [9.17, 15) is 9.59 Å². The van der Waals surface area contributed by atoms with Crippen LogP contribution in [0.3, 0.4) is 0 Å². The lowest BCUT2D eigenvalue weighted by Gasteiger charge is -2.41. The Kier molecular flexibility index (Phi) is 7.68. The molecule has 0 aliphatic carbocycles. The topological polar surface area (TPSA) is 116 Å². The largest absolute Gasteiger partial charge is 0.379 e. The first-order chi connectivity index (χ1) is 18.3. The van der Waals surface area contributed by atoms with Gasteiger partial charge in [0.05, 0.1) is 52.4 Å². The number of amides is 2. The first-order valence-corrected chi connectivity index (χ1v) is 13.6. The summed E-state index contributed by atoms with van der Waals surface area (Å²) in [6.45, 7) is 5.97. The number of fused-ring (bicyclic) bond motifs is 2. The van der Waals surface area contributed by atoms with Crippen molar-refractivity contribution in [2.75, 3.05) is 52.3 Å². The van der Waals surface area contributed by atoms with Crippen molar-refractivity contribution in [2.45, 2.75) is 25.2 Å². The van der Waals surface area contributed by atoms with Crippen molar-refractivity contribution in [3.8, 4) is 0 Å². The number of aromatic amines is 1. The van der Waals surface area contributed by atoms with Gasteiger partial charge < -0.3 is 19.9 Å². The summed E-state index contributed by atoms with van der Waals surface area (Å²) in [6, 6.07) is 8.33. The number of nitrogens with zero attached hydrogens (tertiary/aromatic N) is 5. The van der Waals surface area contributed by atoms with Gasteiger partial charge in [-0.2, -0.15) is 5.10 Å². The average molecular weight is 536 g/mol. The molecule has 1 aromatic carbocycles. The molecule has 0 bridgehead atoms. The summed E-state index contributed by atoms with van der Waals surface area (Å²) >= 11 is 1.80. The molecule has 2 saturated heterocycles. The Bertz CT molecular complexity index is 1400. The maximum Gasteiger partial charge on any atom is 0.314 e. The number of anilines is 1. The number of carbonyl (C=O) groups excluding carboxylic acids is 2. The molecule has 11 heteroatoms. The highest BCUT2D eigenvalue weighted by Gasteiger charge is 2.43. The minimum absolute atomic E-state index is 0.118. The molecule has 200 valence electrons. The molecule has 6 rings (SSSR count). The molecule has 0 radical (unpaired) electrons. The van der Waals surface area contributed by atoms with Crippen molar-refractivity contribution in [3.63, 3.8) is 0 Å². The highest BCUT2D eigenvalue weighted by atomic mass is 32.1. The van der Waals surface area contributed by atoms with Crippen molar-refractivity contribution in [1.82, 2.24) is 30.0 Å². The van der Waals surface area contributed by atoms with Gasteiger partial charge in [-0.3, -0.25) is 19.7 Å². The van der Waals surface area contributed by atoms with Crippen LogP contribution in [-0.2, 0) is 19.7 Å². The smallest absolute Gasteiger partial charge is 0.314 e. The maximum atomic E-state index is 12.2. The van der Waals surface area contributed by atoms with Crippen LogP contribution in [0.25, 0.3) is 21.1 Å². The van der Waals surface area contributed by atoms with Gasteiger partial charge in [-0.25, -0.2) is 4.98 Å². The molecule has 1 unspecified atom stereocenters. The van der Waals surface area contributed by atoms with Crippen molar-refractivity contribution in [2.24, 2.45) is 5.92 Å². The number of H-pyrrole nitrogens is 1. The number of carbonyl (C=O) groups is 2. The molecule has 0 spiro atoms. The fourth-order valence-corrected chi connectivity index (χ4v) is 6.11. The molecule has 5 heterocycles. The third-order valence-corrected chi connectivity index (χ3v) is 8.15. The number of hydrogen-bond acceptors (Lipinski definition) is 8. The second kappa shape index (κ2) is 11.1. The third-order valence-electron chi connectivity index (χ3n) is 6.87. The number of thiazole rings is 1. The third kappa shape index (κ3) is 5.54. The first kappa shape index (κ1) is 26.2. The number of piperidine rings is 1. The Labute approximate surface area is 225 Å². The number of likely N-dealkylation sites (N-methyl/N-ethyl adjacent to an activating group) is 1. The molecule has 3 aromatic heterocycles. The van der Waals surface area contributed by atoms with Crippen molar-refractivity contribution < 1.29 is 14.3 Å². The number of hydrogen-bond donors (Lipinski definition) is 2. The quantitative estimate of drug-likeness (QED) is 0.385. The molecule has 38 heavy (non-hydrogen) atoms. The van der Waals surface area contributed by atoms with E-state index in [2.05, 4.69) is 64.6 Å². The van der Waals surface area contributed by atoms with Crippen LogP contribution in [-0.4, -0.2) is 88.7 Å². The van der Waals surface area contributed by atoms with Gasteiger partial charge >= 0.3 is 11.8 Å². The minimum Gasteiger partial charge on any atom is -0.379 e. The van der Waals surface area contributed by atoms with Crippen LogP contribution < -0.4 is 5.32 Å². The number of benzene rings is 1. The van der Waals surface area contributed by atoms with E-state index in [1.807, 2.05) is 6.07 Å². The van der Waals surface area contributed by atoms with Crippen molar-refractivity contribution >= 4 is 50.0 Å². The molecule has 2 amide bonds. The zero-order chi connectivity index (χ0) is 26.7. The molecular formula is C27H33N7O3S. The molecule has 4 aromatic rings. The molecule has 2 aliphatic heterocycles. The SMILES string of the molecule is CC1CCCN(C(=O)C(=O)Nc2cncc3cn[nH]c23)C1.CN(C)CC1(c2nc3ccccc3s2)COC1. The summed E-state index contributed by atoms with van der Waals surface area (Å²) in [5.74, 6) is -0.681. The lowest BCUT2D eigenvalue weighted by molar-refractivity contribution is -0.144. The zero-order valence-electron chi connectivity index (χ0n) is 21.9.